The van der Waals surface area contributed by atoms with E-state index in [1.807, 2.05) is 42.5 Å². The third kappa shape index (κ3) is 3.03. The number of pyridine rings is 1. The molecule has 2 aromatic carbocycles. The molecule has 104 valence electrons. The van der Waals surface area contributed by atoms with Crippen LogP contribution < -0.4 is 10.6 Å². The lowest BCUT2D eigenvalue weighted by Crippen LogP contribution is -2.19. The lowest BCUT2D eigenvalue weighted by Gasteiger charge is -2.10. The van der Waals surface area contributed by atoms with E-state index in [9.17, 15) is 4.79 Å². The van der Waals surface area contributed by atoms with Crippen molar-refractivity contribution in [2.45, 2.75) is 0 Å². The van der Waals surface area contributed by atoms with Gasteiger partial charge in [0.1, 0.15) is 0 Å². The number of benzene rings is 2. The fourth-order valence-corrected chi connectivity index (χ4v) is 2.44. The number of rotatable bonds is 2. The lowest BCUT2D eigenvalue weighted by atomic mass is 10.1. The summed E-state index contributed by atoms with van der Waals surface area (Å²) in [6.07, 6.45) is 3.26. The molecule has 1 heterocycles. The zero-order valence-electron chi connectivity index (χ0n) is 11.0. The molecule has 21 heavy (non-hydrogen) atoms. The standard InChI is InChI=1S/C16H12BrN3O/c17-13-10-18-9-8-15(13)20-16(21)19-14-7-3-5-11-4-1-2-6-12(11)14/h1-10H,(H2,18,19,20,21). The van der Waals surface area contributed by atoms with Crippen LogP contribution in [0, 0.1) is 0 Å². The fraction of sp³-hybridized carbons (Fsp3) is 0. The van der Waals surface area contributed by atoms with Crippen molar-refractivity contribution in [3.8, 4) is 0 Å². The molecule has 0 spiro atoms. The summed E-state index contributed by atoms with van der Waals surface area (Å²) in [6.45, 7) is 0. The summed E-state index contributed by atoms with van der Waals surface area (Å²) in [4.78, 5) is 16.1. The molecular weight excluding hydrogens is 330 g/mol. The molecule has 4 nitrogen and oxygen atoms in total. The van der Waals surface area contributed by atoms with Crippen LogP contribution in [-0.2, 0) is 0 Å². The van der Waals surface area contributed by atoms with E-state index < -0.39 is 0 Å². The van der Waals surface area contributed by atoms with Crippen LogP contribution in [0.5, 0.6) is 0 Å². The van der Waals surface area contributed by atoms with Gasteiger partial charge in [-0.1, -0.05) is 36.4 Å². The largest absolute Gasteiger partial charge is 0.323 e. The highest BCUT2D eigenvalue weighted by atomic mass is 79.9. The highest BCUT2D eigenvalue weighted by molar-refractivity contribution is 9.10. The molecule has 0 saturated carbocycles. The van der Waals surface area contributed by atoms with Crippen molar-refractivity contribution in [3.63, 3.8) is 0 Å². The van der Waals surface area contributed by atoms with Gasteiger partial charge in [-0.25, -0.2) is 4.79 Å². The summed E-state index contributed by atoms with van der Waals surface area (Å²) >= 11 is 3.34. The van der Waals surface area contributed by atoms with E-state index in [0.29, 0.717) is 5.69 Å². The molecule has 0 saturated heterocycles. The highest BCUT2D eigenvalue weighted by Crippen LogP contribution is 2.24. The molecule has 0 aliphatic rings. The molecule has 0 aliphatic carbocycles. The molecule has 3 rings (SSSR count). The summed E-state index contributed by atoms with van der Waals surface area (Å²) in [5.74, 6) is 0. The van der Waals surface area contributed by atoms with E-state index in [1.165, 1.54) is 0 Å². The van der Waals surface area contributed by atoms with Gasteiger partial charge in [0.2, 0.25) is 0 Å². The Morgan fingerprint density at radius 1 is 0.952 bits per heavy atom. The molecular formula is C16H12BrN3O. The number of halogens is 1. The summed E-state index contributed by atoms with van der Waals surface area (Å²) in [5.41, 5.74) is 1.44. The first-order valence-corrected chi connectivity index (χ1v) is 7.18. The molecule has 3 aromatic rings. The summed E-state index contributed by atoms with van der Waals surface area (Å²) < 4.78 is 0.734. The number of carbonyl (C=O) groups is 1. The number of nitrogens with zero attached hydrogens (tertiary/aromatic N) is 1. The van der Waals surface area contributed by atoms with Crippen molar-refractivity contribution >= 4 is 44.1 Å². The maximum absolute atomic E-state index is 12.1. The number of anilines is 2. The minimum absolute atomic E-state index is 0.293. The van der Waals surface area contributed by atoms with E-state index in [0.717, 1.165) is 20.9 Å². The van der Waals surface area contributed by atoms with Gasteiger partial charge in [0.25, 0.3) is 0 Å². The van der Waals surface area contributed by atoms with E-state index in [-0.39, 0.29) is 6.03 Å². The average molecular weight is 342 g/mol. The number of aromatic nitrogens is 1. The topological polar surface area (TPSA) is 54.0 Å². The molecule has 0 bridgehead atoms. The predicted molar refractivity (Wildman–Crippen MR) is 88.5 cm³/mol. The van der Waals surface area contributed by atoms with E-state index in [1.54, 1.807) is 18.5 Å². The van der Waals surface area contributed by atoms with Gasteiger partial charge >= 0.3 is 6.03 Å². The Labute approximate surface area is 130 Å². The zero-order chi connectivity index (χ0) is 14.7. The number of nitrogens with one attached hydrogen (secondary N) is 2. The van der Waals surface area contributed by atoms with Crippen LogP contribution >= 0.6 is 15.9 Å². The number of amides is 2. The van der Waals surface area contributed by atoms with E-state index in [2.05, 4.69) is 31.5 Å². The maximum atomic E-state index is 12.1. The zero-order valence-corrected chi connectivity index (χ0v) is 12.6. The SMILES string of the molecule is O=C(Nc1ccncc1Br)Nc1cccc2ccccc12. The van der Waals surface area contributed by atoms with Gasteiger partial charge in [-0.15, -0.1) is 0 Å². The summed E-state index contributed by atoms with van der Waals surface area (Å²) in [7, 11) is 0. The first kappa shape index (κ1) is 13.6. The molecule has 2 N–H and O–H groups in total. The summed E-state index contributed by atoms with van der Waals surface area (Å²) in [5, 5.41) is 7.74. The van der Waals surface area contributed by atoms with Crippen molar-refractivity contribution < 1.29 is 4.79 Å². The summed E-state index contributed by atoms with van der Waals surface area (Å²) in [6, 6.07) is 15.2. The third-order valence-corrected chi connectivity index (χ3v) is 3.69. The van der Waals surface area contributed by atoms with Crippen LogP contribution in [0.3, 0.4) is 0 Å². The van der Waals surface area contributed by atoms with Crippen LogP contribution in [0.4, 0.5) is 16.2 Å². The van der Waals surface area contributed by atoms with Crippen molar-refractivity contribution in [3.05, 3.63) is 65.4 Å². The molecule has 0 radical (unpaired) electrons. The lowest BCUT2D eigenvalue weighted by molar-refractivity contribution is 0.262. The van der Waals surface area contributed by atoms with Crippen molar-refractivity contribution in [2.24, 2.45) is 0 Å². The monoisotopic (exact) mass is 341 g/mol. The Morgan fingerprint density at radius 3 is 2.57 bits per heavy atom. The van der Waals surface area contributed by atoms with Crippen molar-refractivity contribution in [1.29, 1.82) is 0 Å². The van der Waals surface area contributed by atoms with Crippen LogP contribution in [0.15, 0.2) is 65.4 Å². The number of fused-ring (bicyclic) bond motifs is 1. The predicted octanol–water partition coefficient (Wildman–Crippen LogP) is 4.64. The van der Waals surface area contributed by atoms with Gasteiger partial charge in [0, 0.05) is 17.8 Å². The van der Waals surface area contributed by atoms with Crippen molar-refractivity contribution in [1.82, 2.24) is 4.98 Å². The van der Waals surface area contributed by atoms with Gasteiger partial charge in [-0.3, -0.25) is 4.98 Å². The maximum Gasteiger partial charge on any atom is 0.323 e. The molecule has 0 fully saturated rings. The molecule has 5 heteroatoms. The van der Waals surface area contributed by atoms with Gasteiger partial charge in [0.15, 0.2) is 0 Å². The second kappa shape index (κ2) is 5.93. The Morgan fingerprint density at radius 2 is 1.71 bits per heavy atom. The minimum atomic E-state index is -0.293. The number of hydrogen-bond acceptors (Lipinski definition) is 2. The van der Waals surface area contributed by atoms with E-state index >= 15 is 0 Å². The quantitative estimate of drug-likeness (QED) is 0.713. The number of carbonyl (C=O) groups excluding carboxylic acids is 1. The van der Waals surface area contributed by atoms with Crippen LogP contribution in [-0.4, -0.2) is 11.0 Å². The van der Waals surface area contributed by atoms with Gasteiger partial charge < -0.3 is 10.6 Å². The fourth-order valence-electron chi connectivity index (χ4n) is 2.09. The van der Waals surface area contributed by atoms with Crippen molar-refractivity contribution in [2.75, 3.05) is 10.6 Å². The van der Waals surface area contributed by atoms with Gasteiger partial charge in [-0.05, 0) is 33.4 Å². The van der Waals surface area contributed by atoms with Gasteiger partial charge in [-0.2, -0.15) is 0 Å². The Kier molecular flexibility index (Phi) is 3.83. The highest BCUT2D eigenvalue weighted by Gasteiger charge is 2.07. The second-order valence-corrected chi connectivity index (χ2v) is 5.32. The van der Waals surface area contributed by atoms with Crippen LogP contribution in [0.25, 0.3) is 10.8 Å². The van der Waals surface area contributed by atoms with Gasteiger partial charge in [0.05, 0.1) is 15.8 Å². The normalized spacial score (nSPS) is 10.3. The average Bonchev–Trinajstić information content (AvgIpc) is 2.50. The van der Waals surface area contributed by atoms with Crippen LogP contribution in [0.1, 0.15) is 0 Å². The molecule has 0 aliphatic heterocycles. The first-order valence-electron chi connectivity index (χ1n) is 6.39. The Balaban J connectivity index is 1.82. The third-order valence-electron chi connectivity index (χ3n) is 3.06. The smallest absolute Gasteiger partial charge is 0.307 e. The first-order chi connectivity index (χ1) is 10.2. The Hall–Kier alpha value is -2.40. The second-order valence-electron chi connectivity index (χ2n) is 4.46. The molecule has 1 aromatic heterocycles. The minimum Gasteiger partial charge on any atom is -0.307 e. The van der Waals surface area contributed by atoms with Crippen LogP contribution in [0.2, 0.25) is 0 Å². The molecule has 2 amide bonds. The molecule has 0 unspecified atom stereocenters. The number of hydrogen-bond donors (Lipinski definition) is 2. The number of urea groups is 1. The molecule has 0 atom stereocenters. The Bertz CT molecular complexity index is 799. The van der Waals surface area contributed by atoms with E-state index in [4.69, 9.17) is 0 Å².